The first-order valence-electron chi connectivity index (χ1n) is 10.8. The number of methoxy groups -OCH3 is 2. The molecule has 4 rings (SSSR count). The third kappa shape index (κ3) is 5.41. The standard InChI is InChI=1S/C28H25FN2O3/c1-33-26-15-6-20(17-27(26)34-2)18-31(19-25-5-3-4-16-30-25)28(32)23-9-7-21(8-10-23)22-11-13-24(29)14-12-22/h3-17H,18-19H2,1-2H3. The lowest BCUT2D eigenvalue weighted by molar-refractivity contribution is 0.0727. The number of rotatable bonds is 8. The zero-order chi connectivity index (χ0) is 23.9. The van der Waals surface area contributed by atoms with Crippen LogP contribution in [0.4, 0.5) is 4.39 Å². The summed E-state index contributed by atoms with van der Waals surface area (Å²) in [5, 5.41) is 0. The normalized spacial score (nSPS) is 10.6. The highest BCUT2D eigenvalue weighted by Gasteiger charge is 2.18. The van der Waals surface area contributed by atoms with Crippen LogP contribution in [0, 0.1) is 5.82 Å². The summed E-state index contributed by atoms with van der Waals surface area (Å²) >= 11 is 0. The lowest BCUT2D eigenvalue weighted by Crippen LogP contribution is -2.30. The van der Waals surface area contributed by atoms with Gasteiger partial charge in [0, 0.05) is 18.3 Å². The van der Waals surface area contributed by atoms with Crippen LogP contribution in [0.5, 0.6) is 11.5 Å². The van der Waals surface area contributed by atoms with Gasteiger partial charge in [0.05, 0.1) is 26.5 Å². The molecule has 0 aliphatic heterocycles. The van der Waals surface area contributed by atoms with E-state index in [4.69, 9.17) is 9.47 Å². The van der Waals surface area contributed by atoms with Gasteiger partial charge in [-0.3, -0.25) is 9.78 Å². The van der Waals surface area contributed by atoms with Gasteiger partial charge >= 0.3 is 0 Å². The number of hydrogen-bond acceptors (Lipinski definition) is 4. The first kappa shape index (κ1) is 23.0. The van der Waals surface area contributed by atoms with Gasteiger partial charge in [-0.2, -0.15) is 0 Å². The number of amides is 1. The van der Waals surface area contributed by atoms with Gasteiger partial charge in [-0.15, -0.1) is 0 Å². The number of pyridine rings is 1. The molecular weight excluding hydrogens is 431 g/mol. The van der Waals surface area contributed by atoms with E-state index in [-0.39, 0.29) is 11.7 Å². The van der Waals surface area contributed by atoms with Crippen LogP contribution in [0.3, 0.4) is 0 Å². The summed E-state index contributed by atoms with van der Waals surface area (Å²) in [5.74, 6) is 0.834. The van der Waals surface area contributed by atoms with Gasteiger partial charge in [0.2, 0.25) is 0 Å². The summed E-state index contributed by atoms with van der Waals surface area (Å²) in [6, 6.07) is 24.9. The SMILES string of the molecule is COc1ccc(CN(Cc2ccccn2)C(=O)c2ccc(-c3ccc(F)cc3)cc2)cc1OC. The Hall–Kier alpha value is -4.19. The van der Waals surface area contributed by atoms with Crippen molar-refractivity contribution in [1.82, 2.24) is 9.88 Å². The van der Waals surface area contributed by atoms with Gasteiger partial charge in [0.25, 0.3) is 5.91 Å². The summed E-state index contributed by atoms with van der Waals surface area (Å²) in [5.41, 5.74) is 4.05. The van der Waals surface area contributed by atoms with Crippen molar-refractivity contribution in [2.24, 2.45) is 0 Å². The third-order valence-electron chi connectivity index (χ3n) is 5.50. The largest absolute Gasteiger partial charge is 0.493 e. The second kappa shape index (κ2) is 10.6. The number of halogens is 1. The van der Waals surface area contributed by atoms with Crippen LogP contribution in [-0.4, -0.2) is 30.0 Å². The van der Waals surface area contributed by atoms with Crippen molar-refractivity contribution >= 4 is 5.91 Å². The molecule has 0 saturated heterocycles. The van der Waals surface area contributed by atoms with Crippen LogP contribution < -0.4 is 9.47 Å². The van der Waals surface area contributed by atoms with Crippen molar-refractivity contribution in [1.29, 1.82) is 0 Å². The summed E-state index contributed by atoms with van der Waals surface area (Å²) < 4.78 is 24.0. The molecule has 0 radical (unpaired) electrons. The van der Waals surface area contributed by atoms with Gasteiger partial charge in [0.1, 0.15) is 5.82 Å². The molecule has 0 fully saturated rings. The second-order valence-electron chi connectivity index (χ2n) is 7.76. The molecule has 1 aromatic heterocycles. The Kier molecular flexibility index (Phi) is 7.18. The summed E-state index contributed by atoms with van der Waals surface area (Å²) in [4.78, 5) is 19.7. The molecule has 0 saturated carbocycles. The molecule has 0 aliphatic carbocycles. The predicted octanol–water partition coefficient (Wildman–Crippen LogP) is 5.75. The minimum atomic E-state index is -0.282. The van der Waals surface area contributed by atoms with E-state index in [2.05, 4.69) is 4.98 Å². The molecule has 0 atom stereocenters. The van der Waals surface area contributed by atoms with E-state index in [1.165, 1.54) is 12.1 Å². The van der Waals surface area contributed by atoms with E-state index in [0.29, 0.717) is 30.2 Å². The fraction of sp³-hybridized carbons (Fsp3) is 0.143. The van der Waals surface area contributed by atoms with Crippen LogP contribution in [0.25, 0.3) is 11.1 Å². The van der Waals surface area contributed by atoms with Crippen LogP contribution in [-0.2, 0) is 13.1 Å². The maximum atomic E-state index is 13.5. The summed E-state index contributed by atoms with van der Waals surface area (Å²) in [6.45, 7) is 0.725. The molecule has 5 nitrogen and oxygen atoms in total. The third-order valence-corrected chi connectivity index (χ3v) is 5.50. The monoisotopic (exact) mass is 456 g/mol. The highest BCUT2D eigenvalue weighted by Crippen LogP contribution is 2.29. The second-order valence-corrected chi connectivity index (χ2v) is 7.76. The van der Waals surface area contributed by atoms with Crippen LogP contribution in [0.2, 0.25) is 0 Å². The Labute approximate surface area is 198 Å². The number of ether oxygens (including phenoxy) is 2. The molecule has 0 aliphatic rings. The highest BCUT2D eigenvalue weighted by atomic mass is 19.1. The number of benzene rings is 3. The molecule has 172 valence electrons. The molecule has 0 unspecified atom stereocenters. The quantitative estimate of drug-likeness (QED) is 0.339. The minimum absolute atomic E-state index is 0.119. The smallest absolute Gasteiger partial charge is 0.254 e. The fourth-order valence-electron chi connectivity index (χ4n) is 3.72. The van der Waals surface area contributed by atoms with Gasteiger partial charge in [-0.25, -0.2) is 4.39 Å². The molecule has 3 aromatic carbocycles. The van der Waals surface area contributed by atoms with Crippen LogP contribution >= 0.6 is 0 Å². The number of nitrogens with zero attached hydrogens (tertiary/aromatic N) is 2. The molecule has 6 heteroatoms. The van der Waals surface area contributed by atoms with Gasteiger partial charge in [-0.05, 0) is 65.2 Å². The van der Waals surface area contributed by atoms with E-state index in [1.54, 1.807) is 49.6 Å². The Morgan fingerprint density at radius 2 is 1.50 bits per heavy atom. The van der Waals surface area contributed by atoms with Gasteiger partial charge in [-0.1, -0.05) is 36.4 Å². The molecule has 1 amide bonds. The molecule has 1 heterocycles. The highest BCUT2D eigenvalue weighted by molar-refractivity contribution is 5.94. The molecule has 34 heavy (non-hydrogen) atoms. The van der Waals surface area contributed by atoms with Crippen molar-refractivity contribution in [3.8, 4) is 22.6 Å². The van der Waals surface area contributed by atoms with Crippen molar-refractivity contribution < 1.29 is 18.7 Å². The Balaban J connectivity index is 1.60. The van der Waals surface area contributed by atoms with E-state index >= 15 is 0 Å². The summed E-state index contributed by atoms with van der Waals surface area (Å²) in [6.07, 6.45) is 1.71. The molecular formula is C28H25FN2O3. The van der Waals surface area contributed by atoms with E-state index in [0.717, 1.165) is 22.4 Å². The van der Waals surface area contributed by atoms with E-state index in [1.807, 2.05) is 48.5 Å². The number of aromatic nitrogens is 1. The predicted molar refractivity (Wildman–Crippen MR) is 129 cm³/mol. The average Bonchev–Trinajstić information content (AvgIpc) is 2.89. The van der Waals surface area contributed by atoms with Gasteiger partial charge in [0.15, 0.2) is 11.5 Å². The first-order valence-corrected chi connectivity index (χ1v) is 10.8. The Bertz CT molecular complexity index is 1240. The molecule has 0 spiro atoms. The lowest BCUT2D eigenvalue weighted by atomic mass is 10.0. The number of hydrogen-bond donors (Lipinski definition) is 0. The number of carbonyl (C=O) groups excluding carboxylic acids is 1. The Morgan fingerprint density at radius 3 is 2.12 bits per heavy atom. The topological polar surface area (TPSA) is 51.7 Å². The molecule has 0 N–H and O–H groups in total. The van der Waals surface area contributed by atoms with E-state index in [9.17, 15) is 9.18 Å². The molecule has 0 bridgehead atoms. The maximum absolute atomic E-state index is 13.5. The van der Waals surface area contributed by atoms with Crippen molar-refractivity contribution in [2.45, 2.75) is 13.1 Å². The zero-order valence-electron chi connectivity index (χ0n) is 19.1. The Morgan fingerprint density at radius 1 is 0.824 bits per heavy atom. The zero-order valence-corrected chi connectivity index (χ0v) is 19.1. The van der Waals surface area contributed by atoms with Crippen molar-refractivity contribution in [3.63, 3.8) is 0 Å². The van der Waals surface area contributed by atoms with Crippen LogP contribution in [0.1, 0.15) is 21.6 Å². The van der Waals surface area contributed by atoms with Crippen molar-refractivity contribution in [2.75, 3.05) is 14.2 Å². The minimum Gasteiger partial charge on any atom is -0.493 e. The van der Waals surface area contributed by atoms with Gasteiger partial charge < -0.3 is 14.4 Å². The summed E-state index contributed by atoms with van der Waals surface area (Å²) in [7, 11) is 3.17. The average molecular weight is 457 g/mol. The number of carbonyl (C=O) groups is 1. The fourth-order valence-corrected chi connectivity index (χ4v) is 3.72. The van der Waals surface area contributed by atoms with E-state index < -0.39 is 0 Å². The first-order chi connectivity index (χ1) is 16.6. The van der Waals surface area contributed by atoms with Crippen LogP contribution in [0.15, 0.2) is 91.1 Å². The van der Waals surface area contributed by atoms with Crippen molar-refractivity contribution in [3.05, 3.63) is 114 Å². The lowest BCUT2D eigenvalue weighted by Gasteiger charge is -2.23. The maximum Gasteiger partial charge on any atom is 0.254 e. The molecule has 4 aromatic rings.